The summed E-state index contributed by atoms with van der Waals surface area (Å²) < 4.78 is 0. The molecule has 0 saturated carbocycles. The molecule has 1 aliphatic carbocycles. The van der Waals surface area contributed by atoms with Crippen molar-refractivity contribution >= 4 is 12.2 Å². The lowest BCUT2D eigenvalue weighted by atomic mass is 10.1. The molecule has 13 heavy (non-hydrogen) atoms. The van der Waals surface area contributed by atoms with Gasteiger partial charge in [0, 0.05) is 11.8 Å². The number of hydrogen-bond donors (Lipinski definition) is 0. The van der Waals surface area contributed by atoms with E-state index in [9.17, 15) is 0 Å². The van der Waals surface area contributed by atoms with Crippen LogP contribution in [-0.4, -0.2) is 9.97 Å². The summed E-state index contributed by atoms with van der Waals surface area (Å²) >= 11 is 0. The van der Waals surface area contributed by atoms with Crippen LogP contribution in [0.1, 0.15) is 29.9 Å². The molecular weight excluding hydrogens is 160 g/mol. The summed E-state index contributed by atoms with van der Waals surface area (Å²) in [4.78, 5) is 8.53. The predicted molar refractivity (Wildman–Crippen MR) is 54.1 cm³/mol. The summed E-state index contributed by atoms with van der Waals surface area (Å²) in [6.45, 7) is 1.91. The third kappa shape index (κ3) is 1.83. The minimum atomic E-state index is 0.831. The van der Waals surface area contributed by atoms with E-state index in [4.69, 9.17) is 0 Å². The molecule has 0 spiro atoms. The second kappa shape index (κ2) is 3.52. The Morgan fingerprint density at radius 1 is 1.15 bits per heavy atom. The van der Waals surface area contributed by atoms with Crippen LogP contribution < -0.4 is 0 Å². The van der Waals surface area contributed by atoms with Gasteiger partial charge in [-0.1, -0.05) is 18.2 Å². The predicted octanol–water partition coefficient (Wildman–Crippen LogP) is 2.61. The largest absolute Gasteiger partial charge is 0.241 e. The van der Waals surface area contributed by atoms with E-state index >= 15 is 0 Å². The average Bonchev–Trinajstić information content (AvgIpc) is 2.08. The van der Waals surface area contributed by atoms with Crippen molar-refractivity contribution in [2.24, 2.45) is 0 Å². The van der Waals surface area contributed by atoms with Gasteiger partial charge < -0.3 is 0 Å². The molecule has 0 fully saturated rings. The topological polar surface area (TPSA) is 25.8 Å². The molecule has 0 aromatic carbocycles. The van der Waals surface area contributed by atoms with Crippen LogP contribution in [0.4, 0.5) is 0 Å². The highest BCUT2D eigenvalue weighted by Crippen LogP contribution is 2.13. The lowest BCUT2D eigenvalue weighted by molar-refractivity contribution is 1.02. The van der Waals surface area contributed by atoms with Crippen molar-refractivity contribution in [3.8, 4) is 0 Å². The number of allylic oxidation sites excluding steroid dienone is 2. The van der Waals surface area contributed by atoms with Crippen molar-refractivity contribution in [3.05, 3.63) is 35.4 Å². The smallest absolute Gasteiger partial charge is 0.125 e. The zero-order chi connectivity index (χ0) is 9.10. The van der Waals surface area contributed by atoms with Gasteiger partial charge in [-0.15, -0.1) is 0 Å². The Morgan fingerprint density at radius 2 is 1.92 bits per heavy atom. The molecule has 1 aromatic heterocycles. The fourth-order valence-electron chi connectivity index (χ4n) is 1.36. The first-order valence-electron chi connectivity index (χ1n) is 4.53. The van der Waals surface area contributed by atoms with E-state index in [0.717, 1.165) is 29.9 Å². The van der Waals surface area contributed by atoms with E-state index in [1.54, 1.807) is 0 Å². The summed E-state index contributed by atoms with van der Waals surface area (Å²) in [6.07, 6.45) is 12.6. The van der Waals surface area contributed by atoms with Crippen LogP contribution in [0.25, 0.3) is 12.2 Å². The zero-order valence-electron chi connectivity index (χ0n) is 7.70. The van der Waals surface area contributed by atoms with E-state index in [1.807, 2.05) is 13.1 Å². The number of nitrogens with zero attached hydrogens (tertiary/aromatic N) is 2. The molecule has 0 N–H and O–H groups in total. The van der Waals surface area contributed by atoms with E-state index in [1.165, 1.54) is 0 Å². The van der Waals surface area contributed by atoms with Gasteiger partial charge in [-0.2, -0.15) is 0 Å². The Hall–Kier alpha value is -1.44. The Labute approximate surface area is 78.0 Å². The van der Waals surface area contributed by atoms with Crippen LogP contribution in [0.5, 0.6) is 0 Å². The molecule has 0 amide bonds. The first kappa shape index (κ1) is 8.17. The first-order valence-corrected chi connectivity index (χ1v) is 4.53. The molecule has 1 heterocycles. The SMILES string of the molecule is Cc1ncc2c(n1)/C=C\CC/C=C\2. The van der Waals surface area contributed by atoms with Crippen LogP contribution in [0, 0.1) is 6.92 Å². The van der Waals surface area contributed by atoms with Crippen molar-refractivity contribution < 1.29 is 0 Å². The van der Waals surface area contributed by atoms with E-state index in [0.29, 0.717) is 0 Å². The van der Waals surface area contributed by atoms with Crippen molar-refractivity contribution in [2.75, 3.05) is 0 Å². The third-order valence-corrected chi connectivity index (χ3v) is 2.04. The van der Waals surface area contributed by atoms with E-state index in [2.05, 4.69) is 34.3 Å². The van der Waals surface area contributed by atoms with E-state index in [-0.39, 0.29) is 0 Å². The summed E-state index contributed by atoms with van der Waals surface area (Å²) in [7, 11) is 0. The van der Waals surface area contributed by atoms with Crippen LogP contribution in [0.15, 0.2) is 18.3 Å². The second-order valence-electron chi connectivity index (χ2n) is 3.14. The van der Waals surface area contributed by atoms with Gasteiger partial charge in [-0.3, -0.25) is 0 Å². The van der Waals surface area contributed by atoms with Crippen LogP contribution in [-0.2, 0) is 0 Å². The maximum Gasteiger partial charge on any atom is 0.125 e. The summed E-state index contributed by atoms with van der Waals surface area (Å²) in [5, 5.41) is 0. The van der Waals surface area contributed by atoms with Crippen LogP contribution >= 0.6 is 0 Å². The maximum absolute atomic E-state index is 4.37. The van der Waals surface area contributed by atoms with Gasteiger partial charge in [0.2, 0.25) is 0 Å². The molecule has 0 unspecified atom stereocenters. The monoisotopic (exact) mass is 172 g/mol. The second-order valence-corrected chi connectivity index (χ2v) is 3.14. The highest BCUT2D eigenvalue weighted by molar-refractivity contribution is 5.62. The Morgan fingerprint density at radius 3 is 2.77 bits per heavy atom. The molecule has 1 aromatic rings. The third-order valence-electron chi connectivity index (χ3n) is 2.04. The molecule has 0 atom stereocenters. The highest BCUT2D eigenvalue weighted by Gasteiger charge is 2.00. The van der Waals surface area contributed by atoms with Gasteiger partial charge in [-0.25, -0.2) is 9.97 Å². The molecule has 1 aliphatic rings. The average molecular weight is 172 g/mol. The minimum Gasteiger partial charge on any atom is -0.241 e. The first-order chi connectivity index (χ1) is 6.36. The molecule has 2 rings (SSSR count). The normalized spacial score (nSPS) is 19.8. The molecule has 2 nitrogen and oxygen atoms in total. The summed E-state index contributed by atoms with van der Waals surface area (Å²) in [5.41, 5.74) is 2.14. The van der Waals surface area contributed by atoms with Crippen molar-refractivity contribution in [1.29, 1.82) is 0 Å². The van der Waals surface area contributed by atoms with Crippen LogP contribution in [0.2, 0.25) is 0 Å². The molecule has 0 radical (unpaired) electrons. The lowest BCUT2D eigenvalue weighted by Gasteiger charge is -2.03. The van der Waals surface area contributed by atoms with Crippen molar-refractivity contribution in [2.45, 2.75) is 19.8 Å². The molecule has 0 aliphatic heterocycles. The molecule has 0 bridgehead atoms. The van der Waals surface area contributed by atoms with Gasteiger partial charge in [0.05, 0.1) is 5.69 Å². The number of aryl methyl sites for hydroxylation is 1. The minimum absolute atomic E-state index is 0.831. The standard InChI is InChI=1S/C11H12N2/c1-9-12-8-10-6-4-2-3-5-7-11(10)13-9/h4-8H,2-3H2,1H3/b6-4-,7-5-. The van der Waals surface area contributed by atoms with Gasteiger partial charge in [0.15, 0.2) is 0 Å². The Balaban J connectivity index is 2.50. The van der Waals surface area contributed by atoms with Gasteiger partial charge in [0.1, 0.15) is 5.82 Å². The number of fused-ring (bicyclic) bond motifs is 1. The van der Waals surface area contributed by atoms with Crippen molar-refractivity contribution in [1.82, 2.24) is 9.97 Å². The number of hydrogen-bond acceptors (Lipinski definition) is 2. The van der Waals surface area contributed by atoms with Gasteiger partial charge in [0.25, 0.3) is 0 Å². The fraction of sp³-hybridized carbons (Fsp3) is 0.273. The lowest BCUT2D eigenvalue weighted by Crippen LogP contribution is -1.94. The molecule has 66 valence electrons. The Bertz CT molecular complexity index is 364. The summed E-state index contributed by atoms with van der Waals surface area (Å²) in [6, 6.07) is 0. The highest BCUT2D eigenvalue weighted by atomic mass is 14.9. The molecule has 2 heteroatoms. The van der Waals surface area contributed by atoms with E-state index < -0.39 is 0 Å². The number of rotatable bonds is 0. The van der Waals surface area contributed by atoms with Gasteiger partial charge in [-0.05, 0) is 25.8 Å². The van der Waals surface area contributed by atoms with Crippen LogP contribution in [0.3, 0.4) is 0 Å². The molecular formula is C11H12N2. The fourth-order valence-corrected chi connectivity index (χ4v) is 1.36. The quantitative estimate of drug-likeness (QED) is 0.601. The van der Waals surface area contributed by atoms with Crippen molar-refractivity contribution in [3.63, 3.8) is 0 Å². The molecule has 0 saturated heterocycles. The van der Waals surface area contributed by atoms with Gasteiger partial charge >= 0.3 is 0 Å². The maximum atomic E-state index is 4.37. The zero-order valence-corrected chi connectivity index (χ0v) is 7.70. The number of aromatic nitrogens is 2. The summed E-state index contributed by atoms with van der Waals surface area (Å²) in [5.74, 6) is 0.831. The Kier molecular flexibility index (Phi) is 2.21.